The maximum atomic E-state index is 5.57. The number of H-pyrrole nitrogens is 2. The van der Waals surface area contributed by atoms with E-state index in [1.54, 1.807) is 0 Å². The first-order valence-corrected chi connectivity index (χ1v) is 19.2. The third-order valence-corrected chi connectivity index (χ3v) is 10.5. The Bertz CT molecular complexity index is 3090. The molecule has 4 nitrogen and oxygen atoms in total. The molecule has 8 aromatic rings. The second-order valence-corrected chi connectivity index (χ2v) is 14.3. The number of nitrogens with zero attached hydrogens (tertiary/aromatic N) is 2. The van der Waals surface area contributed by atoms with Gasteiger partial charge in [0.05, 0.1) is 28.3 Å². The van der Waals surface area contributed by atoms with Gasteiger partial charge in [0.2, 0.25) is 0 Å². The Hall–Kier alpha value is -7.74. The Kier molecular flexibility index (Phi) is 8.59. The summed E-state index contributed by atoms with van der Waals surface area (Å²) in [6.07, 6.45) is 6.42. The fourth-order valence-electron chi connectivity index (χ4n) is 7.79. The molecule has 2 aliphatic heterocycles. The van der Waals surface area contributed by atoms with Crippen molar-refractivity contribution in [3.05, 3.63) is 204 Å². The lowest BCUT2D eigenvalue weighted by molar-refractivity contribution is 1.31. The van der Waals surface area contributed by atoms with Crippen LogP contribution < -0.4 is 0 Å². The molecule has 0 aliphatic carbocycles. The van der Waals surface area contributed by atoms with Crippen molar-refractivity contribution in [1.82, 2.24) is 19.9 Å². The smallest absolute Gasteiger partial charge is 0.0893 e. The van der Waals surface area contributed by atoms with E-state index >= 15 is 0 Å². The summed E-state index contributed by atoms with van der Waals surface area (Å²) >= 11 is 0. The van der Waals surface area contributed by atoms with E-state index in [9.17, 15) is 0 Å². The van der Waals surface area contributed by atoms with Gasteiger partial charge in [-0.3, -0.25) is 0 Å². The summed E-state index contributed by atoms with van der Waals surface area (Å²) in [6, 6.07) is 59.0. The standard InChI is InChI=1S/C53H36N4/c1-35-22-24-36(25-23-35)26-27-41-34-48-51(39-18-10-4-11-19-39)46-31-30-44(55-46)49(37-14-6-2-7-15-37)42-28-29-43(54-42)50(38-16-8-3-9-17-38)45-32-33-47(56-45)52(53(41)57-48)40-20-12-5-13-21-40/h2-25,28-34,55-56H,1H3. The number of allylic oxidation sites excluding steroid dienone is 1. The van der Waals surface area contributed by atoms with E-state index in [1.165, 1.54) is 5.56 Å². The number of fused-ring (bicyclic) bond motifs is 8. The van der Waals surface area contributed by atoms with Crippen molar-refractivity contribution < 1.29 is 0 Å². The van der Waals surface area contributed by atoms with Gasteiger partial charge in [0.15, 0.2) is 0 Å². The molecule has 0 atom stereocenters. The molecule has 2 aliphatic rings. The Morgan fingerprint density at radius 3 is 1.25 bits per heavy atom. The molecule has 2 N–H and O–H groups in total. The molecule has 0 radical (unpaired) electrons. The van der Waals surface area contributed by atoms with Crippen LogP contribution >= 0.6 is 0 Å². The minimum atomic E-state index is 0.808. The number of rotatable bonds is 4. The SMILES string of the molecule is Cc1ccc(C#CC2=Cc3nc2c(-c2ccccc2)c2ccc([nH]2)c(-c2ccccc2)c2nc(c(-c4ccccc4)c4ccc([nH]4)c3-c3ccccc3)C=C2)cc1. The second-order valence-electron chi connectivity index (χ2n) is 14.3. The first-order valence-electron chi connectivity index (χ1n) is 19.2. The average Bonchev–Trinajstić information content (AvgIpc) is 4.10. The van der Waals surface area contributed by atoms with Gasteiger partial charge >= 0.3 is 0 Å². The van der Waals surface area contributed by atoms with Crippen molar-refractivity contribution in [2.75, 3.05) is 0 Å². The lowest BCUT2D eigenvalue weighted by Crippen LogP contribution is -1.90. The normalized spacial score (nSPS) is 11.8. The molecule has 0 saturated carbocycles. The molecule has 8 bridgehead atoms. The van der Waals surface area contributed by atoms with E-state index in [-0.39, 0.29) is 0 Å². The van der Waals surface area contributed by atoms with Gasteiger partial charge in [-0.15, -0.1) is 0 Å². The van der Waals surface area contributed by atoms with Crippen molar-refractivity contribution in [2.24, 2.45) is 0 Å². The van der Waals surface area contributed by atoms with E-state index < -0.39 is 0 Å². The van der Waals surface area contributed by atoms with Gasteiger partial charge in [-0.05, 0) is 83.8 Å². The molecule has 0 unspecified atom stereocenters. The summed E-state index contributed by atoms with van der Waals surface area (Å²) in [7, 11) is 0. The van der Waals surface area contributed by atoms with Crippen LogP contribution in [-0.2, 0) is 0 Å². The highest BCUT2D eigenvalue weighted by atomic mass is 14.8. The molecule has 268 valence electrons. The zero-order valence-electron chi connectivity index (χ0n) is 31.3. The fourth-order valence-corrected chi connectivity index (χ4v) is 7.79. The van der Waals surface area contributed by atoms with Gasteiger partial charge in [0, 0.05) is 49.9 Å². The van der Waals surface area contributed by atoms with Crippen molar-refractivity contribution in [1.29, 1.82) is 0 Å². The molecule has 0 spiro atoms. The first kappa shape index (κ1) is 33.8. The molecular formula is C53H36N4. The summed E-state index contributed by atoms with van der Waals surface area (Å²) in [4.78, 5) is 18.7. The average molecular weight is 729 g/mol. The second kappa shape index (κ2) is 14.5. The van der Waals surface area contributed by atoms with Gasteiger partial charge in [-0.2, -0.15) is 0 Å². The monoisotopic (exact) mass is 728 g/mol. The van der Waals surface area contributed by atoms with Crippen LogP contribution in [0.2, 0.25) is 0 Å². The predicted molar refractivity (Wildman–Crippen MR) is 238 cm³/mol. The number of aryl methyl sites for hydroxylation is 1. The quantitative estimate of drug-likeness (QED) is 0.177. The number of benzene rings is 5. The van der Waals surface area contributed by atoms with Crippen molar-refractivity contribution in [3.63, 3.8) is 0 Å². The summed E-state index contributed by atoms with van der Waals surface area (Å²) in [6.45, 7) is 2.09. The van der Waals surface area contributed by atoms with E-state index in [1.807, 2.05) is 24.3 Å². The Balaban J connectivity index is 1.40. The maximum Gasteiger partial charge on any atom is 0.0893 e. The van der Waals surface area contributed by atoms with Gasteiger partial charge in [-0.1, -0.05) is 151 Å². The number of nitrogens with one attached hydrogen (secondary N) is 2. The number of hydrogen-bond acceptors (Lipinski definition) is 2. The van der Waals surface area contributed by atoms with Crippen LogP contribution in [0.25, 0.3) is 90.4 Å². The van der Waals surface area contributed by atoms with Crippen LogP contribution in [0.1, 0.15) is 33.9 Å². The van der Waals surface area contributed by atoms with E-state index in [0.717, 1.165) is 100 Å². The van der Waals surface area contributed by atoms with Crippen molar-refractivity contribution in [3.8, 4) is 56.3 Å². The lowest BCUT2D eigenvalue weighted by atomic mass is 9.99. The number of aromatic nitrogens is 4. The molecule has 0 saturated heterocycles. The fraction of sp³-hybridized carbons (Fsp3) is 0.0189. The van der Waals surface area contributed by atoms with Crippen LogP contribution in [0.4, 0.5) is 0 Å². The van der Waals surface area contributed by atoms with Crippen LogP contribution in [0, 0.1) is 18.8 Å². The first-order chi connectivity index (χ1) is 28.2. The maximum absolute atomic E-state index is 5.57. The van der Waals surface area contributed by atoms with Gasteiger partial charge < -0.3 is 9.97 Å². The van der Waals surface area contributed by atoms with E-state index in [2.05, 4.69) is 193 Å². The highest BCUT2D eigenvalue weighted by molar-refractivity contribution is 6.05. The highest BCUT2D eigenvalue weighted by Gasteiger charge is 2.22. The zero-order valence-corrected chi connectivity index (χ0v) is 31.3. The largest absolute Gasteiger partial charge is 0.354 e. The minimum Gasteiger partial charge on any atom is -0.354 e. The molecule has 0 fully saturated rings. The topological polar surface area (TPSA) is 57.4 Å². The van der Waals surface area contributed by atoms with E-state index in [0.29, 0.717) is 0 Å². The highest BCUT2D eigenvalue weighted by Crippen LogP contribution is 2.40. The van der Waals surface area contributed by atoms with Crippen LogP contribution in [-0.4, -0.2) is 19.9 Å². The van der Waals surface area contributed by atoms with Crippen LogP contribution in [0.3, 0.4) is 0 Å². The molecular weight excluding hydrogens is 693 g/mol. The molecule has 5 aromatic carbocycles. The Labute approximate surface area is 331 Å². The van der Waals surface area contributed by atoms with Crippen LogP contribution in [0.15, 0.2) is 170 Å². The van der Waals surface area contributed by atoms with E-state index in [4.69, 9.17) is 9.97 Å². The van der Waals surface area contributed by atoms with Crippen molar-refractivity contribution >= 4 is 45.9 Å². The van der Waals surface area contributed by atoms with Gasteiger partial charge in [0.1, 0.15) is 0 Å². The molecule has 57 heavy (non-hydrogen) atoms. The number of hydrogen-bond donors (Lipinski definition) is 2. The lowest BCUT2D eigenvalue weighted by Gasteiger charge is -2.07. The molecule has 5 heterocycles. The summed E-state index contributed by atoms with van der Waals surface area (Å²) in [5.41, 5.74) is 18.4. The molecule has 0 amide bonds. The van der Waals surface area contributed by atoms with Gasteiger partial charge in [-0.25, -0.2) is 9.97 Å². The number of aromatic amines is 2. The summed E-state index contributed by atoms with van der Waals surface area (Å²) in [5, 5.41) is 0. The Morgan fingerprint density at radius 2 is 0.789 bits per heavy atom. The zero-order chi connectivity index (χ0) is 38.1. The van der Waals surface area contributed by atoms with Crippen molar-refractivity contribution in [2.45, 2.75) is 6.92 Å². The minimum absolute atomic E-state index is 0.808. The molecule has 10 rings (SSSR count). The third-order valence-electron chi connectivity index (χ3n) is 10.5. The van der Waals surface area contributed by atoms with Crippen LogP contribution in [0.5, 0.6) is 0 Å². The predicted octanol–water partition coefficient (Wildman–Crippen LogP) is 13.1. The van der Waals surface area contributed by atoms with Gasteiger partial charge in [0.25, 0.3) is 0 Å². The summed E-state index contributed by atoms with van der Waals surface area (Å²) < 4.78 is 0. The summed E-state index contributed by atoms with van der Waals surface area (Å²) in [5.74, 6) is 7.05. The molecule has 4 heteroatoms. The molecule has 3 aromatic heterocycles. The Morgan fingerprint density at radius 1 is 0.386 bits per heavy atom. The third kappa shape index (κ3) is 6.48.